The van der Waals surface area contributed by atoms with Gasteiger partial charge in [-0.1, -0.05) is 0 Å². The summed E-state index contributed by atoms with van der Waals surface area (Å²) < 4.78 is 1.29. The summed E-state index contributed by atoms with van der Waals surface area (Å²) in [4.78, 5) is 47.2. The Morgan fingerprint density at radius 1 is 1.40 bits per heavy atom. The molecule has 1 aliphatic heterocycles. The van der Waals surface area contributed by atoms with E-state index in [9.17, 15) is 19.2 Å². The van der Waals surface area contributed by atoms with E-state index < -0.39 is 23.8 Å². The number of piperazine rings is 1. The number of carboxylic acids is 1. The lowest BCUT2D eigenvalue weighted by Gasteiger charge is -2.32. The van der Waals surface area contributed by atoms with Gasteiger partial charge in [0, 0.05) is 31.4 Å². The van der Waals surface area contributed by atoms with Crippen LogP contribution in [-0.2, 0) is 16.6 Å². The van der Waals surface area contributed by atoms with E-state index in [1.54, 1.807) is 0 Å². The summed E-state index contributed by atoms with van der Waals surface area (Å²) in [5.74, 6) is -2.29. The topological polar surface area (TPSA) is 109 Å². The molecule has 1 aromatic rings. The third-order valence-corrected chi connectivity index (χ3v) is 3.08. The van der Waals surface area contributed by atoms with E-state index in [4.69, 9.17) is 5.11 Å². The number of carbonyl (C=O) groups is 3. The third-order valence-electron chi connectivity index (χ3n) is 3.08. The lowest BCUT2D eigenvalue weighted by molar-refractivity contribution is -0.144. The second-order valence-electron chi connectivity index (χ2n) is 4.46. The van der Waals surface area contributed by atoms with Gasteiger partial charge in [0.1, 0.15) is 12.6 Å². The van der Waals surface area contributed by atoms with Crippen molar-refractivity contribution >= 4 is 17.8 Å². The number of carboxylic acid groups (broad SMARTS) is 1. The van der Waals surface area contributed by atoms with Crippen molar-refractivity contribution in [1.29, 1.82) is 0 Å². The van der Waals surface area contributed by atoms with Crippen LogP contribution < -0.4 is 10.9 Å². The number of aliphatic carboxylic acids is 1. The first-order valence-corrected chi connectivity index (χ1v) is 5.87. The fourth-order valence-electron chi connectivity index (χ4n) is 1.92. The molecular formula is C12H13N3O5. The molecule has 2 heterocycles. The van der Waals surface area contributed by atoms with Crippen molar-refractivity contribution in [3.8, 4) is 0 Å². The SMILES string of the molecule is Cn1ccc(C(=O)N2CC(=O)NCC2C(=O)O)cc1=O. The maximum atomic E-state index is 12.3. The summed E-state index contributed by atoms with van der Waals surface area (Å²) in [7, 11) is 1.53. The molecule has 0 aromatic carbocycles. The predicted octanol–water partition coefficient (Wildman–Crippen LogP) is -1.59. The Bertz CT molecular complexity index is 636. The molecule has 0 radical (unpaired) electrons. The lowest BCUT2D eigenvalue weighted by atomic mass is 10.1. The normalized spacial score (nSPS) is 18.6. The minimum atomic E-state index is -1.21. The molecular weight excluding hydrogens is 266 g/mol. The van der Waals surface area contributed by atoms with Crippen LogP contribution in [-0.4, -0.2) is 51.5 Å². The van der Waals surface area contributed by atoms with Gasteiger partial charge in [-0.3, -0.25) is 14.4 Å². The first kappa shape index (κ1) is 13.8. The Hall–Kier alpha value is -2.64. The van der Waals surface area contributed by atoms with Crippen LogP contribution in [0.25, 0.3) is 0 Å². The van der Waals surface area contributed by atoms with Crippen LogP contribution in [0.4, 0.5) is 0 Å². The summed E-state index contributed by atoms with van der Waals surface area (Å²) in [6, 6.07) is 1.40. The van der Waals surface area contributed by atoms with E-state index in [-0.39, 0.29) is 24.2 Å². The summed E-state index contributed by atoms with van der Waals surface area (Å²) >= 11 is 0. The molecule has 8 heteroatoms. The van der Waals surface area contributed by atoms with E-state index in [0.29, 0.717) is 0 Å². The van der Waals surface area contributed by atoms with Crippen LogP contribution in [0.15, 0.2) is 23.1 Å². The van der Waals surface area contributed by atoms with Crippen LogP contribution in [0.5, 0.6) is 0 Å². The second kappa shape index (κ2) is 5.16. The highest BCUT2D eigenvalue weighted by molar-refractivity contribution is 5.99. The van der Waals surface area contributed by atoms with Gasteiger partial charge < -0.3 is 19.9 Å². The number of rotatable bonds is 2. The quantitative estimate of drug-likeness (QED) is 0.678. The number of nitrogens with one attached hydrogen (secondary N) is 1. The first-order valence-electron chi connectivity index (χ1n) is 5.87. The zero-order valence-electron chi connectivity index (χ0n) is 10.7. The number of carbonyl (C=O) groups excluding carboxylic acids is 2. The average Bonchev–Trinajstić information content (AvgIpc) is 2.40. The van der Waals surface area contributed by atoms with Crippen LogP contribution in [0.2, 0.25) is 0 Å². The molecule has 1 unspecified atom stereocenters. The van der Waals surface area contributed by atoms with E-state index in [2.05, 4.69) is 5.32 Å². The lowest BCUT2D eigenvalue weighted by Crippen LogP contribution is -2.59. The molecule has 1 aromatic heterocycles. The minimum Gasteiger partial charge on any atom is -0.480 e. The molecule has 1 aliphatic rings. The van der Waals surface area contributed by atoms with Crippen molar-refractivity contribution in [2.24, 2.45) is 7.05 Å². The highest BCUT2D eigenvalue weighted by atomic mass is 16.4. The first-order chi connectivity index (χ1) is 9.40. The monoisotopic (exact) mass is 279 g/mol. The minimum absolute atomic E-state index is 0.0639. The standard InChI is InChI=1S/C12H13N3O5/c1-14-3-2-7(4-10(14)17)11(18)15-6-9(16)13-5-8(15)12(19)20/h2-4,8H,5-6H2,1H3,(H,13,16)(H,19,20). The van der Waals surface area contributed by atoms with Crippen molar-refractivity contribution in [3.05, 3.63) is 34.2 Å². The zero-order chi connectivity index (χ0) is 14.9. The second-order valence-corrected chi connectivity index (χ2v) is 4.46. The van der Waals surface area contributed by atoms with E-state index in [1.807, 2.05) is 0 Å². The van der Waals surface area contributed by atoms with Gasteiger partial charge in [-0.05, 0) is 6.07 Å². The van der Waals surface area contributed by atoms with E-state index in [1.165, 1.54) is 23.9 Å². The molecule has 8 nitrogen and oxygen atoms in total. The molecule has 0 bridgehead atoms. The maximum absolute atomic E-state index is 12.3. The molecule has 0 spiro atoms. The number of hydrogen-bond donors (Lipinski definition) is 2. The Balaban J connectivity index is 2.33. The highest BCUT2D eigenvalue weighted by Crippen LogP contribution is 2.10. The fourth-order valence-corrected chi connectivity index (χ4v) is 1.92. The molecule has 2 amide bonds. The van der Waals surface area contributed by atoms with Crippen molar-refractivity contribution < 1.29 is 19.5 Å². The smallest absolute Gasteiger partial charge is 0.328 e. The fraction of sp³-hybridized carbons (Fsp3) is 0.333. The maximum Gasteiger partial charge on any atom is 0.328 e. The molecule has 2 N–H and O–H groups in total. The van der Waals surface area contributed by atoms with Crippen LogP contribution in [0.3, 0.4) is 0 Å². The molecule has 0 aliphatic carbocycles. The molecule has 0 saturated carbocycles. The van der Waals surface area contributed by atoms with Crippen molar-refractivity contribution in [1.82, 2.24) is 14.8 Å². The summed E-state index contributed by atoms with van der Waals surface area (Å²) in [5.41, 5.74) is -0.321. The Morgan fingerprint density at radius 3 is 2.70 bits per heavy atom. The Kier molecular flexibility index (Phi) is 3.55. The molecule has 106 valence electrons. The third kappa shape index (κ3) is 2.53. The van der Waals surface area contributed by atoms with Crippen molar-refractivity contribution in [3.63, 3.8) is 0 Å². The highest BCUT2D eigenvalue weighted by Gasteiger charge is 2.35. The van der Waals surface area contributed by atoms with Crippen molar-refractivity contribution in [2.75, 3.05) is 13.1 Å². The van der Waals surface area contributed by atoms with Crippen molar-refractivity contribution in [2.45, 2.75) is 6.04 Å². The van der Waals surface area contributed by atoms with Gasteiger partial charge in [0.2, 0.25) is 5.91 Å². The number of aromatic nitrogens is 1. The number of aryl methyl sites for hydroxylation is 1. The average molecular weight is 279 g/mol. The summed E-state index contributed by atoms with van der Waals surface area (Å²) in [6.45, 7) is -0.490. The number of nitrogens with zero attached hydrogens (tertiary/aromatic N) is 2. The van der Waals surface area contributed by atoms with Gasteiger partial charge >= 0.3 is 5.97 Å². The molecule has 20 heavy (non-hydrogen) atoms. The Morgan fingerprint density at radius 2 is 2.10 bits per heavy atom. The predicted molar refractivity (Wildman–Crippen MR) is 67.2 cm³/mol. The molecule has 1 fully saturated rings. The van der Waals surface area contributed by atoms with Crippen LogP contribution >= 0.6 is 0 Å². The van der Waals surface area contributed by atoms with Gasteiger partial charge in [0.05, 0.1) is 0 Å². The number of pyridine rings is 1. The van der Waals surface area contributed by atoms with E-state index in [0.717, 1.165) is 11.0 Å². The van der Waals surface area contributed by atoms with Crippen LogP contribution in [0, 0.1) is 0 Å². The number of hydrogen-bond acceptors (Lipinski definition) is 4. The Labute approximate surface area is 113 Å². The van der Waals surface area contributed by atoms with E-state index >= 15 is 0 Å². The van der Waals surface area contributed by atoms with Crippen LogP contribution in [0.1, 0.15) is 10.4 Å². The molecule has 1 saturated heterocycles. The summed E-state index contributed by atoms with van der Waals surface area (Å²) in [6.07, 6.45) is 1.41. The van der Waals surface area contributed by atoms with Gasteiger partial charge in [-0.2, -0.15) is 0 Å². The largest absolute Gasteiger partial charge is 0.480 e. The van der Waals surface area contributed by atoms with Gasteiger partial charge in [-0.15, -0.1) is 0 Å². The molecule has 2 rings (SSSR count). The summed E-state index contributed by atoms with van der Waals surface area (Å²) in [5, 5.41) is 11.5. The van der Waals surface area contributed by atoms with Gasteiger partial charge in [-0.25, -0.2) is 4.79 Å². The molecule has 1 atom stereocenters. The number of amides is 2. The van der Waals surface area contributed by atoms with Gasteiger partial charge in [0.25, 0.3) is 11.5 Å². The zero-order valence-corrected chi connectivity index (χ0v) is 10.7. The van der Waals surface area contributed by atoms with Gasteiger partial charge in [0.15, 0.2) is 0 Å².